The summed E-state index contributed by atoms with van der Waals surface area (Å²) in [5, 5.41) is -0.690. The van der Waals surface area contributed by atoms with Gasteiger partial charge in [0.15, 0.2) is 11.5 Å². The Morgan fingerprint density at radius 3 is 2.11 bits per heavy atom. The molecule has 0 bridgehead atoms. The van der Waals surface area contributed by atoms with Crippen molar-refractivity contribution in [2.24, 2.45) is 0 Å². The molecule has 0 saturated carbocycles. The van der Waals surface area contributed by atoms with Crippen LogP contribution in [0.15, 0.2) is 42.5 Å². The van der Waals surface area contributed by atoms with E-state index < -0.39 is 5.25 Å². The second kappa shape index (κ2) is 8.35. The van der Waals surface area contributed by atoms with Gasteiger partial charge in [-0.15, -0.1) is 0 Å². The van der Waals surface area contributed by atoms with E-state index in [1.807, 2.05) is 30.3 Å². The molecule has 1 aliphatic rings. The predicted octanol–water partition coefficient (Wildman–Crippen LogP) is 3.52. The van der Waals surface area contributed by atoms with Gasteiger partial charge in [-0.2, -0.15) is 0 Å². The van der Waals surface area contributed by atoms with Gasteiger partial charge >= 0.3 is 0 Å². The van der Waals surface area contributed by atoms with E-state index in [4.69, 9.17) is 14.2 Å². The summed E-state index contributed by atoms with van der Waals surface area (Å²) in [6.45, 7) is 0.289. The van der Waals surface area contributed by atoms with Gasteiger partial charge in [0.25, 0.3) is 5.24 Å². The van der Waals surface area contributed by atoms with Crippen LogP contribution >= 0.6 is 11.8 Å². The van der Waals surface area contributed by atoms with Gasteiger partial charge in [-0.3, -0.25) is 14.5 Å². The molecule has 1 saturated heterocycles. The largest absolute Gasteiger partial charge is 0.493 e. The third kappa shape index (κ3) is 4.03. The van der Waals surface area contributed by atoms with Crippen LogP contribution in [0.3, 0.4) is 0 Å². The molecule has 0 aliphatic carbocycles. The highest BCUT2D eigenvalue weighted by Crippen LogP contribution is 2.40. The molecule has 2 aromatic rings. The Morgan fingerprint density at radius 2 is 1.56 bits per heavy atom. The SMILES string of the molecule is COc1cc(C[C@@H]2SC(=O)N(Cc3ccccc3)C2=O)cc(OC)c1OC. The van der Waals surface area contributed by atoms with Crippen molar-refractivity contribution in [2.45, 2.75) is 18.2 Å². The normalized spacial score (nSPS) is 16.6. The van der Waals surface area contributed by atoms with Gasteiger partial charge in [0.05, 0.1) is 33.1 Å². The molecule has 6 nitrogen and oxygen atoms in total. The van der Waals surface area contributed by atoms with Crippen molar-refractivity contribution in [3.63, 3.8) is 0 Å². The van der Waals surface area contributed by atoms with Crippen molar-refractivity contribution in [1.29, 1.82) is 0 Å². The van der Waals surface area contributed by atoms with Gasteiger partial charge in [0.2, 0.25) is 11.7 Å². The molecule has 1 atom stereocenters. The molecule has 27 heavy (non-hydrogen) atoms. The van der Waals surface area contributed by atoms with Crippen LogP contribution in [0.1, 0.15) is 11.1 Å². The highest BCUT2D eigenvalue weighted by atomic mass is 32.2. The number of rotatable bonds is 7. The second-order valence-electron chi connectivity index (χ2n) is 6.02. The molecule has 1 aliphatic heterocycles. The number of methoxy groups -OCH3 is 3. The molecule has 3 rings (SSSR count). The number of hydrogen-bond donors (Lipinski definition) is 0. The molecular formula is C20H21NO5S. The predicted molar refractivity (Wildman–Crippen MR) is 104 cm³/mol. The molecule has 0 N–H and O–H groups in total. The number of hydrogen-bond acceptors (Lipinski definition) is 6. The average molecular weight is 387 g/mol. The summed E-state index contributed by atoms with van der Waals surface area (Å²) in [4.78, 5) is 26.4. The minimum absolute atomic E-state index is 0.178. The van der Waals surface area contributed by atoms with E-state index in [2.05, 4.69) is 0 Å². The monoisotopic (exact) mass is 387 g/mol. The van der Waals surface area contributed by atoms with E-state index in [1.165, 1.54) is 12.0 Å². The number of imide groups is 1. The van der Waals surface area contributed by atoms with Crippen molar-refractivity contribution < 1.29 is 23.8 Å². The van der Waals surface area contributed by atoms with Gasteiger partial charge in [-0.1, -0.05) is 42.1 Å². The highest BCUT2D eigenvalue weighted by molar-refractivity contribution is 8.15. The topological polar surface area (TPSA) is 65.1 Å². The maximum atomic E-state index is 12.8. The fourth-order valence-electron chi connectivity index (χ4n) is 3.00. The summed E-state index contributed by atoms with van der Waals surface area (Å²) in [6, 6.07) is 13.1. The molecule has 0 spiro atoms. The lowest BCUT2D eigenvalue weighted by Gasteiger charge is -2.16. The first-order valence-electron chi connectivity index (χ1n) is 8.42. The molecule has 0 aromatic heterocycles. The Kier molecular flexibility index (Phi) is 5.91. The third-order valence-corrected chi connectivity index (χ3v) is 5.41. The zero-order valence-electron chi connectivity index (χ0n) is 15.4. The first kappa shape index (κ1) is 19.1. The molecule has 142 valence electrons. The van der Waals surface area contributed by atoms with Crippen molar-refractivity contribution >= 4 is 22.9 Å². The summed E-state index contributed by atoms with van der Waals surface area (Å²) in [7, 11) is 4.62. The van der Waals surface area contributed by atoms with Crippen molar-refractivity contribution in [1.82, 2.24) is 4.90 Å². The molecule has 7 heteroatoms. The fourth-order valence-corrected chi connectivity index (χ4v) is 4.03. The lowest BCUT2D eigenvalue weighted by Crippen LogP contribution is -2.31. The number of nitrogens with zero attached hydrogens (tertiary/aromatic N) is 1. The number of ether oxygens (including phenoxy) is 3. The van der Waals surface area contributed by atoms with Crippen LogP contribution in [-0.4, -0.2) is 42.6 Å². The van der Waals surface area contributed by atoms with Crippen LogP contribution in [-0.2, 0) is 17.8 Å². The van der Waals surface area contributed by atoms with E-state index >= 15 is 0 Å². The maximum Gasteiger partial charge on any atom is 0.289 e. The van der Waals surface area contributed by atoms with Crippen molar-refractivity contribution in [3.05, 3.63) is 53.6 Å². The van der Waals surface area contributed by atoms with Crippen molar-refractivity contribution in [2.75, 3.05) is 21.3 Å². The third-order valence-electron chi connectivity index (χ3n) is 4.33. The first-order chi connectivity index (χ1) is 13.1. The summed E-state index contributed by atoms with van der Waals surface area (Å²) in [5.41, 5.74) is 1.76. The van der Waals surface area contributed by atoms with Crippen LogP contribution < -0.4 is 14.2 Å². The zero-order chi connectivity index (χ0) is 19.4. The standard InChI is InChI=1S/C20H21NO5S/c1-24-15-9-14(10-16(25-2)18(15)26-3)11-17-19(22)21(20(23)27-17)12-13-7-5-4-6-8-13/h4-10,17H,11-12H2,1-3H3/t17-/m0/s1. The molecule has 0 radical (unpaired) electrons. The number of amides is 2. The van der Waals surface area contributed by atoms with Gasteiger partial charge in [0, 0.05) is 0 Å². The Hall–Kier alpha value is -2.67. The molecular weight excluding hydrogens is 366 g/mol. The quantitative estimate of drug-likeness (QED) is 0.724. The van der Waals surface area contributed by atoms with Gasteiger partial charge in [-0.25, -0.2) is 0 Å². The number of benzene rings is 2. The van der Waals surface area contributed by atoms with Gasteiger partial charge < -0.3 is 14.2 Å². The van der Waals surface area contributed by atoms with E-state index in [0.717, 1.165) is 22.9 Å². The molecule has 2 amide bonds. The highest BCUT2D eigenvalue weighted by Gasteiger charge is 2.39. The summed E-state index contributed by atoms with van der Waals surface area (Å²) < 4.78 is 16.0. The fraction of sp³-hybridized carbons (Fsp3) is 0.300. The first-order valence-corrected chi connectivity index (χ1v) is 9.30. The molecule has 2 aromatic carbocycles. The zero-order valence-corrected chi connectivity index (χ0v) is 16.2. The lowest BCUT2D eigenvalue weighted by atomic mass is 10.1. The van der Waals surface area contributed by atoms with Crippen LogP contribution in [0.5, 0.6) is 17.2 Å². The van der Waals surface area contributed by atoms with Crippen molar-refractivity contribution in [3.8, 4) is 17.2 Å². The van der Waals surface area contributed by atoms with Crippen LogP contribution in [0, 0.1) is 0 Å². The van der Waals surface area contributed by atoms with E-state index in [1.54, 1.807) is 26.4 Å². The molecule has 0 unspecified atom stereocenters. The van der Waals surface area contributed by atoms with Crippen LogP contribution in [0.4, 0.5) is 4.79 Å². The number of carbonyl (C=O) groups excluding carboxylic acids is 2. The van der Waals surface area contributed by atoms with E-state index in [0.29, 0.717) is 23.7 Å². The lowest BCUT2D eigenvalue weighted by molar-refractivity contribution is -0.127. The summed E-state index contributed by atoms with van der Waals surface area (Å²) >= 11 is 1.06. The number of carbonyl (C=O) groups is 2. The van der Waals surface area contributed by atoms with E-state index in [9.17, 15) is 9.59 Å². The van der Waals surface area contributed by atoms with Gasteiger partial charge in [-0.05, 0) is 29.7 Å². The Balaban J connectivity index is 1.78. The Bertz CT molecular complexity index is 815. The average Bonchev–Trinajstić information content (AvgIpc) is 2.95. The minimum Gasteiger partial charge on any atom is -0.493 e. The Labute approximate surface area is 162 Å². The molecule has 1 heterocycles. The Morgan fingerprint density at radius 1 is 0.926 bits per heavy atom. The van der Waals surface area contributed by atoms with Crippen LogP contribution in [0.2, 0.25) is 0 Å². The summed E-state index contributed by atoms with van der Waals surface area (Å²) in [6.07, 6.45) is 0.400. The summed E-state index contributed by atoms with van der Waals surface area (Å²) in [5.74, 6) is 1.36. The molecule has 1 fully saturated rings. The van der Waals surface area contributed by atoms with E-state index in [-0.39, 0.29) is 17.7 Å². The maximum absolute atomic E-state index is 12.8. The smallest absolute Gasteiger partial charge is 0.289 e. The number of thioether (sulfide) groups is 1. The van der Waals surface area contributed by atoms with Crippen LogP contribution in [0.25, 0.3) is 0 Å². The minimum atomic E-state index is -0.469. The second-order valence-corrected chi connectivity index (χ2v) is 7.17. The van der Waals surface area contributed by atoms with Gasteiger partial charge in [0.1, 0.15) is 0 Å².